The van der Waals surface area contributed by atoms with E-state index < -0.39 is 17.5 Å². The fourth-order valence-electron chi connectivity index (χ4n) is 3.60. The number of halogens is 1. The molecule has 31 heavy (non-hydrogen) atoms. The number of hydrogen-bond donors (Lipinski definition) is 1. The summed E-state index contributed by atoms with van der Waals surface area (Å²) in [6, 6.07) is 17.8. The number of amides is 1. The minimum Gasteiger partial charge on any atom is -0.490 e. The van der Waals surface area contributed by atoms with Crippen molar-refractivity contribution in [3.63, 3.8) is 0 Å². The molecule has 0 saturated carbocycles. The average Bonchev–Trinajstić information content (AvgIpc) is 2.76. The SMILES string of the molecule is CC(C)Oc1ccc(NC(=O)C2(C)COC(c3ccccc3F)OC2)c2ccccc12. The molecule has 0 spiro atoms. The zero-order valence-corrected chi connectivity index (χ0v) is 17.9. The van der Waals surface area contributed by atoms with Crippen LogP contribution >= 0.6 is 0 Å². The summed E-state index contributed by atoms with van der Waals surface area (Å²) in [4.78, 5) is 13.1. The largest absolute Gasteiger partial charge is 0.490 e. The van der Waals surface area contributed by atoms with Crippen molar-refractivity contribution in [2.24, 2.45) is 5.41 Å². The van der Waals surface area contributed by atoms with E-state index in [1.807, 2.05) is 50.2 Å². The summed E-state index contributed by atoms with van der Waals surface area (Å²) in [5.41, 5.74) is 0.113. The highest BCUT2D eigenvalue weighted by molar-refractivity contribution is 6.05. The van der Waals surface area contributed by atoms with Crippen LogP contribution in [0.1, 0.15) is 32.6 Å². The normalized spacial score (nSPS) is 21.3. The van der Waals surface area contributed by atoms with Gasteiger partial charge in [0.1, 0.15) is 11.6 Å². The number of nitrogens with one attached hydrogen (secondary N) is 1. The molecule has 1 saturated heterocycles. The van der Waals surface area contributed by atoms with Gasteiger partial charge in [0.2, 0.25) is 5.91 Å². The Hall–Kier alpha value is -2.96. The molecule has 3 aromatic carbocycles. The fraction of sp³-hybridized carbons (Fsp3) is 0.320. The minimum atomic E-state index is -0.907. The summed E-state index contributed by atoms with van der Waals surface area (Å²) < 4.78 is 31.4. The van der Waals surface area contributed by atoms with Gasteiger partial charge in [-0.15, -0.1) is 0 Å². The molecule has 0 radical (unpaired) electrons. The molecule has 1 heterocycles. The Morgan fingerprint density at radius 1 is 1.03 bits per heavy atom. The number of benzene rings is 3. The lowest BCUT2D eigenvalue weighted by Gasteiger charge is -2.36. The maximum atomic E-state index is 14.0. The van der Waals surface area contributed by atoms with E-state index in [0.717, 1.165) is 16.5 Å². The van der Waals surface area contributed by atoms with Gasteiger partial charge in [-0.05, 0) is 39.0 Å². The van der Waals surface area contributed by atoms with Crippen molar-refractivity contribution in [2.75, 3.05) is 18.5 Å². The molecule has 1 aliphatic rings. The molecule has 0 unspecified atom stereocenters. The number of hydrogen-bond acceptors (Lipinski definition) is 4. The van der Waals surface area contributed by atoms with Crippen molar-refractivity contribution >= 4 is 22.4 Å². The maximum absolute atomic E-state index is 14.0. The first kappa shape index (κ1) is 21.3. The lowest BCUT2D eigenvalue weighted by molar-refractivity contribution is -0.227. The lowest BCUT2D eigenvalue weighted by Crippen LogP contribution is -2.45. The maximum Gasteiger partial charge on any atom is 0.235 e. The molecular weight excluding hydrogens is 397 g/mol. The van der Waals surface area contributed by atoms with Crippen molar-refractivity contribution in [1.82, 2.24) is 0 Å². The van der Waals surface area contributed by atoms with Crippen molar-refractivity contribution in [2.45, 2.75) is 33.2 Å². The van der Waals surface area contributed by atoms with Crippen molar-refractivity contribution in [3.05, 3.63) is 72.0 Å². The van der Waals surface area contributed by atoms with Crippen LogP contribution in [-0.4, -0.2) is 25.2 Å². The van der Waals surface area contributed by atoms with Gasteiger partial charge >= 0.3 is 0 Å². The van der Waals surface area contributed by atoms with E-state index in [1.165, 1.54) is 6.07 Å². The topological polar surface area (TPSA) is 56.8 Å². The highest BCUT2D eigenvalue weighted by Crippen LogP contribution is 2.36. The van der Waals surface area contributed by atoms with Crippen LogP contribution in [0, 0.1) is 11.2 Å². The average molecular weight is 423 g/mol. The Morgan fingerprint density at radius 2 is 1.68 bits per heavy atom. The molecule has 1 fully saturated rings. The summed E-state index contributed by atoms with van der Waals surface area (Å²) in [6.07, 6.45) is -0.780. The molecule has 5 nitrogen and oxygen atoms in total. The van der Waals surface area contributed by atoms with E-state index in [-0.39, 0.29) is 25.2 Å². The third kappa shape index (κ3) is 4.40. The number of anilines is 1. The van der Waals surface area contributed by atoms with Crippen molar-refractivity contribution in [3.8, 4) is 5.75 Å². The number of ether oxygens (including phenoxy) is 3. The molecule has 0 bridgehead atoms. The first-order valence-electron chi connectivity index (χ1n) is 10.3. The smallest absolute Gasteiger partial charge is 0.235 e. The molecule has 162 valence electrons. The summed E-state index contributed by atoms with van der Waals surface area (Å²) in [5, 5.41) is 4.83. The minimum absolute atomic E-state index is 0.0432. The lowest BCUT2D eigenvalue weighted by atomic mass is 9.90. The van der Waals surface area contributed by atoms with Gasteiger partial charge in [-0.25, -0.2) is 4.39 Å². The van der Waals surface area contributed by atoms with Crippen molar-refractivity contribution < 1.29 is 23.4 Å². The van der Waals surface area contributed by atoms with Gasteiger partial charge in [0.25, 0.3) is 0 Å². The van der Waals surface area contributed by atoms with Crippen LogP contribution < -0.4 is 10.1 Å². The van der Waals surface area contributed by atoms with Gasteiger partial charge in [0.05, 0.1) is 24.7 Å². The first-order valence-corrected chi connectivity index (χ1v) is 10.3. The molecule has 4 rings (SSSR count). The molecule has 1 N–H and O–H groups in total. The van der Waals surface area contributed by atoms with E-state index in [1.54, 1.807) is 25.1 Å². The quantitative estimate of drug-likeness (QED) is 0.592. The van der Waals surface area contributed by atoms with Gasteiger partial charge in [0.15, 0.2) is 6.29 Å². The van der Waals surface area contributed by atoms with E-state index in [9.17, 15) is 9.18 Å². The Balaban J connectivity index is 1.51. The van der Waals surface area contributed by atoms with Crippen LogP contribution in [0.5, 0.6) is 5.75 Å². The standard InChI is InChI=1S/C25H26FNO4/c1-16(2)31-22-13-12-21(17-8-4-5-9-18(17)22)27-24(28)25(3)14-29-23(30-15-25)19-10-6-7-11-20(19)26/h4-13,16,23H,14-15H2,1-3H3,(H,27,28). The Morgan fingerprint density at radius 3 is 2.35 bits per heavy atom. The predicted molar refractivity (Wildman–Crippen MR) is 117 cm³/mol. The monoisotopic (exact) mass is 423 g/mol. The second kappa shape index (κ2) is 8.65. The number of carbonyl (C=O) groups is 1. The fourth-order valence-corrected chi connectivity index (χ4v) is 3.60. The van der Waals surface area contributed by atoms with Crippen LogP contribution in [0.15, 0.2) is 60.7 Å². The van der Waals surface area contributed by atoms with Gasteiger partial charge in [-0.1, -0.05) is 42.5 Å². The predicted octanol–water partition coefficient (Wildman–Crippen LogP) is 5.46. The second-order valence-corrected chi connectivity index (χ2v) is 8.31. The summed E-state index contributed by atoms with van der Waals surface area (Å²) in [6.45, 7) is 5.96. The van der Waals surface area contributed by atoms with Crippen LogP contribution in [0.4, 0.5) is 10.1 Å². The second-order valence-electron chi connectivity index (χ2n) is 8.31. The van der Waals surface area contributed by atoms with E-state index in [4.69, 9.17) is 14.2 Å². The molecular formula is C25H26FNO4. The molecule has 6 heteroatoms. The van der Waals surface area contributed by atoms with E-state index in [0.29, 0.717) is 11.3 Å². The third-order valence-corrected chi connectivity index (χ3v) is 5.31. The van der Waals surface area contributed by atoms with Crippen LogP contribution in [0.2, 0.25) is 0 Å². The van der Waals surface area contributed by atoms with E-state index >= 15 is 0 Å². The van der Waals surface area contributed by atoms with Crippen LogP contribution in [-0.2, 0) is 14.3 Å². The highest BCUT2D eigenvalue weighted by Gasteiger charge is 2.40. The Kier molecular flexibility index (Phi) is 5.94. The molecule has 0 atom stereocenters. The van der Waals surface area contributed by atoms with Gasteiger partial charge in [0, 0.05) is 22.0 Å². The summed E-state index contributed by atoms with van der Waals surface area (Å²) >= 11 is 0. The molecule has 1 aliphatic heterocycles. The van der Waals surface area contributed by atoms with Crippen molar-refractivity contribution in [1.29, 1.82) is 0 Å². The zero-order chi connectivity index (χ0) is 22.0. The molecule has 0 aliphatic carbocycles. The number of rotatable bonds is 5. The molecule has 3 aromatic rings. The van der Waals surface area contributed by atoms with E-state index in [2.05, 4.69) is 5.32 Å². The highest BCUT2D eigenvalue weighted by atomic mass is 19.1. The summed E-state index contributed by atoms with van der Waals surface area (Å²) in [7, 11) is 0. The van der Waals surface area contributed by atoms with Crippen LogP contribution in [0.25, 0.3) is 10.8 Å². The molecule has 1 amide bonds. The Labute approximate surface area is 181 Å². The molecule has 0 aromatic heterocycles. The third-order valence-electron chi connectivity index (χ3n) is 5.31. The van der Waals surface area contributed by atoms with Gasteiger partial charge in [-0.2, -0.15) is 0 Å². The van der Waals surface area contributed by atoms with Gasteiger partial charge in [-0.3, -0.25) is 4.79 Å². The first-order chi connectivity index (χ1) is 14.9. The summed E-state index contributed by atoms with van der Waals surface area (Å²) in [5.74, 6) is 0.157. The zero-order valence-electron chi connectivity index (χ0n) is 17.9. The van der Waals surface area contributed by atoms with Gasteiger partial charge < -0.3 is 19.5 Å². The number of fused-ring (bicyclic) bond motifs is 1. The Bertz CT molecular complexity index is 1090. The van der Waals surface area contributed by atoms with Crippen LogP contribution in [0.3, 0.4) is 0 Å². The number of carbonyl (C=O) groups excluding carboxylic acids is 1.